The average Bonchev–Trinajstić information content (AvgIpc) is 3.04. The van der Waals surface area contributed by atoms with Crippen molar-refractivity contribution in [2.45, 2.75) is 32.6 Å². The fraction of sp³-hybridized carbons (Fsp3) is 0.882. The smallest absolute Gasteiger partial charge is 0.230 e. The molecule has 0 aromatic carbocycles. The molecule has 2 atom stereocenters. The van der Waals surface area contributed by atoms with Crippen molar-refractivity contribution in [3.8, 4) is 0 Å². The molecule has 0 bridgehead atoms. The van der Waals surface area contributed by atoms with Crippen LogP contribution in [0.5, 0.6) is 0 Å². The van der Waals surface area contributed by atoms with Crippen molar-refractivity contribution in [3.63, 3.8) is 0 Å². The van der Waals surface area contributed by atoms with Crippen LogP contribution in [0, 0.1) is 16.7 Å². The molecule has 0 radical (unpaired) electrons. The van der Waals surface area contributed by atoms with E-state index < -0.39 is 15.4 Å². The molecule has 142 valence electrons. The van der Waals surface area contributed by atoms with Crippen LogP contribution in [0.15, 0.2) is 0 Å². The first-order chi connectivity index (χ1) is 11.5. The van der Waals surface area contributed by atoms with Crippen molar-refractivity contribution in [1.82, 2.24) is 14.1 Å². The lowest BCUT2D eigenvalue weighted by Gasteiger charge is -2.43. The largest absolute Gasteiger partial charge is 0.348 e. The summed E-state index contributed by atoms with van der Waals surface area (Å²) >= 11 is 0. The summed E-state index contributed by atoms with van der Waals surface area (Å²) in [5.41, 5.74) is -0.528. The Bertz CT molecular complexity index is 682. The molecule has 2 aliphatic heterocycles. The Morgan fingerprint density at radius 3 is 2.16 bits per heavy atom. The minimum atomic E-state index is -3.17. The summed E-state index contributed by atoms with van der Waals surface area (Å²) in [6.07, 6.45) is 4.54. The Hall–Kier alpha value is -1.15. The van der Waals surface area contributed by atoms with E-state index in [0.717, 1.165) is 25.7 Å². The number of hydrogen-bond acceptors (Lipinski definition) is 4. The van der Waals surface area contributed by atoms with E-state index in [1.807, 2.05) is 4.90 Å². The number of hydrogen-bond donors (Lipinski definition) is 0. The summed E-state index contributed by atoms with van der Waals surface area (Å²) in [4.78, 5) is 28.5. The minimum absolute atomic E-state index is 0.0176. The molecule has 1 spiro atoms. The Balaban J connectivity index is 1.90. The van der Waals surface area contributed by atoms with Crippen molar-refractivity contribution in [1.29, 1.82) is 0 Å². The molecule has 0 unspecified atom stereocenters. The van der Waals surface area contributed by atoms with E-state index in [9.17, 15) is 18.0 Å². The van der Waals surface area contributed by atoms with E-state index in [0.29, 0.717) is 26.2 Å². The summed E-state index contributed by atoms with van der Waals surface area (Å²) in [6, 6.07) is 0. The van der Waals surface area contributed by atoms with Gasteiger partial charge < -0.3 is 9.80 Å². The second-order valence-corrected chi connectivity index (χ2v) is 10.3. The van der Waals surface area contributed by atoms with Gasteiger partial charge in [0.05, 0.1) is 11.7 Å². The van der Waals surface area contributed by atoms with Gasteiger partial charge in [-0.3, -0.25) is 9.59 Å². The molecule has 25 heavy (non-hydrogen) atoms. The number of likely N-dealkylation sites (tertiary alicyclic amines) is 1. The van der Waals surface area contributed by atoms with Gasteiger partial charge in [0.2, 0.25) is 21.8 Å². The first-order valence-corrected chi connectivity index (χ1v) is 10.8. The van der Waals surface area contributed by atoms with Gasteiger partial charge in [-0.1, -0.05) is 0 Å². The quantitative estimate of drug-likeness (QED) is 0.703. The molecule has 3 rings (SSSR count). The fourth-order valence-corrected chi connectivity index (χ4v) is 6.31. The number of piperidine rings is 1. The van der Waals surface area contributed by atoms with E-state index in [1.165, 1.54) is 6.26 Å². The second-order valence-electron chi connectivity index (χ2n) is 8.33. The molecule has 1 saturated carbocycles. The van der Waals surface area contributed by atoms with Crippen molar-refractivity contribution in [2.24, 2.45) is 16.7 Å². The molecule has 3 fully saturated rings. The Morgan fingerprint density at radius 2 is 1.68 bits per heavy atom. The summed E-state index contributed by atoms with van der Waals surface area (Å²) in [7, 11) is 0.389. The lowest BCUT2D eigenvalue weighted by atomic mass is 9.66. The number of rotatable bonds is 2. The van der Waals surface area contributed by atoms with Crippen LogP contribution in [0.1, 0.15) is 32.6 Å². The van der Waals surface area contributed by atoms with Gasteiger partial charge >= 0.3 is 0 Å². The zero-order valence-corrected chi connectivity index (χ0v) is 16.4. The first kappa shape index (κ1) is 18.6. The zero-order chi connectivity index (χ0) is 18.6. The third-order valence-electron chi connectivity index (χ3n) is 6.82. The lowest BCUT2D eigenvalue weighted by molar-refractivity contribution is -0.141. The topological polar surface area (TPSA) is 78.0 Å². The van der Waals surface area contributed by atoms with E-state index in [1.54, 1.807) is 30.2 Å². The normalized spacial score (nSPS) is 32.0. The highest BCUT2D eigenvalue weighted by molar-refractivity contribution is 7.88. The monoisotopic (exact) mass is 371 g/mol. The molecular formula is C17H29N3O4S. The van der Waals surface area contributed by atoms with Crippen molar-refractivity contribution >= 4 is 21.8 Å². The van der Waals surface area contributed by atoms with Crippen LogP contribution in [-0.4, -0.2) is 80.9 Å². The van der Waals surface area contributed by atoms with Crippen LogP contribution in [0.3, 0.4) is 0 Å². The average molecular weight is 372 g/mol. The molecule has 1 aliphatic carbocycles. The highest BCUT2D eigenvalue weighted by Crippen LogP contribution is 2.62. The molecule has 8 heteroatoms. The Morgan fingerprint density at radius 1 is 1.08 bits per heavy atom. The third-order valence-corrected chi connectivity index (χ3v) is 8.12. The van der Waals surface area contributed by atoms with Gasteiger partial charge in [-0.25, -0.2) is 12.7 Å². The van der Waals surface area contributed by atoms with Gasteiger partial charge in [0.1, 0.15) is 0 Å². The van der Waals surface area contributed by atoms with Gasteiger partial charge in [-0.2, -0.15) is 0 Å². The molecule has 0 N–H and O–H groups in total. The SMILES string of the molecule is CC(=O)N1C[C@H]2C3(CCN(S(C)(=O)=O)CC3)CC[C@@]2(C(=O)N(C)C)C1. The van der Waals surface area contributed by atoms with Gasteiger partial charge in [0, 0.05) is 47.2 Å². The predicted molar refractivity (Wildman–Crippen MR) is 94.2 cm³/mol. The Kier molecular flexibility index (Phi) is 4.43. The number of sulfonamides is 1. The van der Waals surface area contributed by atoms with Crippen molar-refractivity contribution in [2.75, 3.05) is 46.5 Å². The molecule has 3 aliphatic rings. The van der Waals surface area contributed by atoms with Crippen LogP contribution in [-0.2, 0) is 19.6 Å². The van der Waals surface area contributed by atoms with Crippen LogP contribution < -0.4 is 0 Å². The molecular weight excluding hydrogens is 342 g/mol. The number of nitrogens with zero attached hydrogens (tertiary/aromatic N) is 3. The molecule has 2 amide bonds. The summed E-state index contributed by atoms with van der Waals surface area (Å²) in [6.45, 7) is 3.71. The maximum atomic E-state index is 13.0. The van der Waals surface area contributed by atoms with Gasteiger partial charge in [0.15, 0.2) is 0 Å². The standard InChI is InChI=1S/C17H29N3O4S/c1-13(21)19-11-14-16(7-9-20(10-8-16)25(4,23)24)5-6-17(14,12-19)15(22)18(2)3/h14H,5-12H2,1-4H3/t14-,17+/m0/s1. The highest BCUT2D eigenvalue weighted by Gasteiger charge is 2.65. The first-order valence-electron chi connectivity index (χ1n) is 8.94. The van der Waals surface area contributed by atoms with Gasteiger partial charge in [-0.05, 0) is 37.0 Å². The Labute approximate surface area is 150 Å². The van der Waals surface area contributed by atoms with E-state index >= 15 is 0 Å². The third kappa shape index (κ3) is 2.87. The van der Waals surface area contributed by atoms with Gasteiger partial charge in [-0.15, -0.1) is 0 Å². The van der Waals surface area contributed by atoms with E-state index in [2.05, 4.69) is 0 Å². The minimum Gasteiger partial charge on any atom is -0.348 e. The molecule has 2 heterocycles. The molecule has 0 aromatic rings. The van der Waals surface area contributed by atoms with Crippen molar-refractivity contribution in [3.05, 3.63) is 0 Å². The maximum Gasteiger partial charge on any atom is 0.230 e. The lowest BCUT2D eigenvalue weighted by Crippen LogP contribution is -2.49. The zero-order valence-electron chi connectivity index (χ0n) is 15.6. The van der Waals surface area contributed by atoms with Gasteiger partial charge in [0.25, 0.3) is 0 Å². The number of amides is 2. The van der Waals surface area contributed by atoms with E-state index in [-0.39, 0.29) is 23.1 Å². The molecule has 2 saturated heterocycles. The summed E-state index contributed by atoms with van der Waals surface area (Å²) in [5.74, 6) is 0.258. The summed E-state index contributed by atoms with van der Waals surface area (Å²) in [5, 5.41) is 0. The van der Waals surface area contributed by atoms with Crippen LogP contribution in [0.25, 0.3) is 0 Å². The number of carbonyl (C=O) groups excluding carboxylic acids is 2. The van der Waals surface area contributed by atoms with Crippen LogP contribution in [0.2, 0.25) is 0 Å². The highest BCUT2D eigenvalue weighted by atomic mass is 32.2. The van der Waals surface area contributed by atoms with Crippen LogP contribution in [0.4, 0.5) is 0 Å². The molecule has 0 aromatic heterocycles. The molecule has 7 nitrogen and oxygen atoms in total. The maximum absolute atomic E-state index is 13.0. The van der Waals surface area contributed by atoms with E-state index in [4.69, 9.17) is 0 Å². The van der Waals surface area contributed by atoms with Crippen molar-refractivity contribution < 1.29 is 18.0 Å². The van der Waals surface area contributed by atoms with Crippen LogP contribution >= 0.6 is 0 Å². The number of carbonyl (C=O) groups is 2. The number of fused-ring (bicyclic) bond motifs is 2. The fourth-order valence-electron chi connectivity index (χ4n) is 5.46. The second kappa shape index (κ2) is 5.94. The summed E-state index contributed by atoms with van der Waals surface area (Å²) < 4.78 is 25.2. The predicted octanol–water partition coefficient (Wildman–Crippen LogP) is 0.375.